The molecule has 0 radical (unpaired) electrons. The number of aryl methyl sites for hydroxylation is 1. The van der Waals surface area contributed by atoms with Gasteiger partial charge in [-0.3, -0.25) is 4.79 Å². The normalized spacial score (nSPS) is 10.2. The molecule has 0 fully saturated rings. The van der Waals surface area contributed by atoms with E-state index in [2.05, 4.69) is 10.3 Å². The second kappa shape index (κ2) is 5.96. The van der Waals surface area contributed by atoms with E-state index in [0.29, 0.717) is 6.54 Å². The zero-order chi connectivity index (χ0) is 14.5. The molecule has 1 aromatic heterocycles. The molecule has 1 aromatic carbocycles. The molecule has 1 heterocycles. The first-order chi connectivity index (χ1) is 9.56. The van der Waals surface area contributed by atoms with Crippen LogP contribution in [0.5, 0.6) is 0 Å². The lowest BCUT2D eigenvalue weighted by atomic mass is 10.2. The van der Waals surface area contributed by atoms with E-state index in [1.807, 2.05) is 0 Å². The number of aromatic nitrogens is 2. The third-order valence-corrected chi connectivity index (χ3v) is 2.64. The van der Waals surface area contributed by atoms with Gasteiger partial charge in [0, 0.05) is 31.0 Å². The van der Waals surface area contributed by atoms with Crippen molar-refractivity contribution in [1.29, 1.82) is 0 Å². The number of anilines is 1. The smallest absolute Gasteiger partial charge is 0.338 e. The Balaban J connectivity index is 1.94. The third kappa shape index (κ3) is 3.41. The number of hydrogen-bond acceptors (Lipinski definition) is 3. The van der Waals surface area contributed by atoms with Gasteiger partial charge >= 0.3 is 5.97 Å². The number of halogens is 1. The van der Waals surface area contributed by atoms with Gasteiger partial charge in [-0.1, -0.05) is 0 Å². The third-order valence-electron chi connectivity index (χ3n) is 2.64. The molecule has 0 saturated carbocycles. The summed E-state index contributed by atoms with van der Waals surface area (Å²) in [4.78, 5) is 26.2. The van der Waals surface area contributed by atoms with Crippen molar-refractivity contribution in [3.63, 3.8) is 0 Å². The van der Waals surface area contributed by atoms with Crippen molar-refractivity contribution in [1.82, 2.24) is 9.55 Å². The molecule has 7 heteroatoms. The molecule has 2 aromatic rings. The Hall–Kier alpha value is -2.70. The highest BCUT2D eigenvalue weighted by Gasteiger charge is 2.11. The van der Waals surface area contributed by atoms with Gasteiger partial charge in [-0.2, -0.15) is 0 Å². The lowest BCUT2D eigenvalue weighted by Crippen LogP contribution is -2.14. The minimum atomic E-state index is -1.35. The van der Waals surface area contributed by atoms with Crippen LogP contribution in [0.15, 0.2) is 36.9 Å². The zero-order valence-corrected chi connectivity index (χ0v) is 10.4. The first kappa shape index (κ1) is 13.7. The SMILES string of the molecule is O=C(CCn1ccnc1)Nc1ccc(C(=O)O)c(F)c1. The van der Waals surface area contributed by atoms with Crippen LogP contribution in [0.1, 0.15) is 16.8 Å². The van der Waals surface area contributed by atoms with Crippen molar-refractivity contribution in [2.24, 2.45) is 0 Å². The average molecular weight is 277 g/mol. The first-order valence-corrected chi connectivity index (χ1v) is 5.84. The largest absolute Gasteiger partial charge is 0.478 e. The van der Waals surface area contributed by atoms with Gasteiger partial charge < -0.3 is 15.0 Å². The van der Waals surface area contributed by atoms with Gasteiger partial charge in [0.1, 0.15) is 5.82 Å². The maximum Gasteiger partial charge on any atom is 0.338 e. The minimum absolute atomic E-state index is 0.207. The van der Waals surface area contributed by atoms with Crippen molar-refractivity contribution < 1.29 is 19.1 Å². The Labute approximate surface area is 113 Å². The van der Waals surface area contributed by atoms with E-state index in [-0.39, 0.29) is 18.0 Å². The summed E-state index contributed by atoms with van der Waals surface area (Å²) in [5.74, 6) is -2.52. The predicted octanol–water partition coefficient (Wildman–Crippen LogP) is 1.75. The summed E-state index contributed by atoms with van der Waals surface area (Å²) in [6, 6.07) is 3.45. The summed E-state index contributed by atoms with van der Waals surface area (Å²) in [6.07, 6.45) is 5.14. The molecule has 0 spiro atoms. The number of carboxylic acids is 1. The minimum Gasteiger partial charge on any atom is -0.478 e. The van der Waals surface area contributed by atoms with E-state index in [9.17, 15) is 14.0 Å². The molecule has 0 saturated heterocycles. The number of nitrogens with one attached hydrogen (secondary N) is 1. The molecule has 1 amide bonds. The van der Waals surface area contributed by atoms with Crippen LogP contribution in [0, 0.1) is 5.82 Å². The molecule has 0 unspecified atom stereocenters. The summed E-state index contributed by atoms with van der Waals surface area (Å²) in [5.41, 5.74) is -0.204. The zero-order valence-electron chi connectivity index (χ0n) is 10.4. The summed E-state index contributed by atoms with van der Waals surface area (Å²) in [6.45, 7) is 0.460. The van der Waals surface area contributed by atoms with Crippen molar-refractivity contribution in [3.05, 3.63) is 48.3 Å². The summed E-state index contributed by atoms with van der Waals surface area (Å²) >= 11 is 0. The number of rotatable bonds is 5. The molecule has 0 atom stereocenters. The van der Waals surface area contributed by atoms with Crippen molar-refractivity contribution >= 4 is 17.6 Å². The molecular weight excluding hydrogens is 265 g/mol. The van der Waals surface area contributed by atoms with Gasteiger partial charge in [-0.25, -0.2) is 14.2 Å². The maximum absolute atomic E-state index is 13.4. The van der Waals surface area contributed by atoms with Crippen LogP contribution < -0.4 is 5.32 Å². The number of hydrogen-bond donors (Lipinski definition) is 2. The summed E-state index contributed by atoms with van der Waals surface area (Å²) in [5, 5.41) is 11.2. The average Bonchev–Trinajstić information content (AvgIpc) is 2.89. The second-order valence-corrected chi connectivity index (χ2v) is 4.10. The number of imidazole rings is 1. The van der Waals surface area contributed by atoms with E-state index in [0.717, 1.165) is 12.1 Å². The van der Waals surface area contributed by atoms with E-state index in [1.165, 1.54) is 6.07 Å². The van der Waals surface area contributed by atoms with E-state index >= 15 is 0 Å². The van der Waals surface area contributed by atoms with Gasteiger partial charge in [0.25, 0.3) is 0 Å². The number of benzene rings is 1. The molecule has 0 aliphatic heterocycles. The molecule has 6 nitrogen and oxygen atoms in total. The van der Waals surface area contributed by atoms with Gasteiger partial charge in [-0.15, -0.1) is 0 Å². The Morgan fingerprint density at radius 3 is 2.80 bits per heavy atom. The predicted molar refractivity (Wildman–Crippen MR) is 68.8 cm³/mol. The molecule has 0 aliphatic carbocycles. The molecule has 2 rings (SSSR count). The Morgan fingerprint density at radius 2 is 2.20 bits per heavy atom. The standard InChI is InChI=1S/C13H12FN3O3/c14-11-7-9(1-2-10(11)13(19)20)16-12(18)3-5-17-6-4-15-8-17/h1-2,4,6-8H,3,5H2,(H,16,18)(H,19,20). The molecular formula is C13H12FN3O3. The van der Waals surface area contributed by atoms with Crippen LogP contribution in [0.25, 0.3) is 0 Å². The highest BCUT2D eigenvalue weighted by Crippen LogP contribution is 2.14. The Morgan fingerprint density at radius 1 is 1.40 bits per heavy atom. The number of carbonyl (C=O) groups is 2. The lowest BCUT2D eigenvalue weighted by Gasteiger charge is -2.06. The van der Waals surface area contributed by atoms with Crippen LogP contribution in [0.3, 0.4) is 0 Å². The number of aromatic carboxylic acids is 1. The fourth-order valence-corrected chi connectivity index (χ4v) is 1.64. The Bertz CT molecular complexity index is 626. The molecule has 20 heavy (non-hydrogen) atoms. The van der Waals surface area contributed by atoms with E-state index < -0.39 is 17.3 Å². The van der Waals surface area contributed by atoms with Crippen molar-refractivity contribution in [2.45, 2.75) is 13.0 Å². The fraction of sp³-hybridized carbons (Fsp3) is 0.154. The van der Waals surface area contributed by atoms with Gasteiger partial charge in [-0.05, 0) is 18.2 Å². The number of nitrogens with zero attached hydrogens (tertiary/aromatic N) is 2. The van der Waals surface area contributed by atoms with Crippen LogP contribution in [-0.4, -0.2) is 26.5 Å². The summed E-state index contributed by atoms with van der Waals surface area (Å²) in [7, 11) is 0. The molecule has 0 aliphatic rings. The quantitative estimate of drug-likeness (QED) is 0.872. The van der Waals surface area contributed by atoms with Crippen molar-refractivity contribution in [3.8, 4) is 0 Å². The first-order valence-electron chi connectivity index (χ1n) is 5.84. The van der Waals surface area contributed by atoms with Gasteiger partial charge in [0.15, 0.2) is 0 Å². The van der Waals surface area contributed by atoms with Gasteiger partial charge in [0.05, 0.1) is 11.9 Å². The Kier molecular flexibility index (Phi) is 4.09. The molecule has 104 valence electrons. The topological polar surface area (TPSA) is 84.2 Å². The number of carboxylic acid groups (broad SMARTS) is 1. The monoisotopic (exact) mass is 277 g/mol. The second-order valence-electron chi connectivity index (χ2n) is 4.10. The highest BCUT2D eigenvalue weighted by atomic mass is 19.1. The van der Waals surface area contributed by atoms with Crippen LogP contribution >= 0.6 is 0 Å². The van der Waals surface area contributed by atoms with E-state index in [1.54, 1.807) is 23.3 Å². The fourth-order valence-electron chi connectivity index (χ4n) is 1.64. The maximum atomic E-state index is 13.4. The van der Waals surface area contributed by atoms with E-state index in [4.69, 9.17) is 5.11 Å². The number of amides is 1. The van der Waals surface area contributed by atoms with Gasteiger partial charge in [0.2, 0.25) is 5.91 Å². The number of carbonyl (C=O) groups excluding carboxylic acids is 1. The van der Waals surface area contributed by atoms with Crippen LogP contribution in [0.4, 0.5) is 10.1 Å². The molecule has 0 bridgehead atoms. The van der Waals surface area contributed by atoms with Crippen LogP contribution in [-0.2, 0) is 11.3 Å². The van der Waals surface area contributed by atoms with Crippen LogP contribution in [0.2, 0.25) is 0 Å². The highest BCUT2D eigenvalue weighted by molar-refractivity contribution is 5.92. The molecule has 2 N–H and O–H groups in total. The lowest BCUT2D eigenvalue weighted by molar-refractivity contribution is -0.116. The summed E-state index contributed by atoms with van der Waals surface area (Å²) < 4.78 is 15.2. The van der Waals surface area contributed by atoms with Crippen molar-refractivity contribution in [2.75, 3.05) is 5.32 Å².